The van der Waals surface area contributed by atoms with Crippen LogP contribution in [0.2, 0.25) is 0 Å². The van der Waals surface area contributed by atoms with Crippen LogP contribution in [-0.2, 0) is 14.3 Å². The number of carbonyl (C=O) groups is 2. The van der Waals surface area contributed by atoms with Crippen LogP contribution in [0.1, 0.15) is 50.0 Å². The van der Waals surface area contributed by atoms with E-state index in [0.717, 1.165) is 18.2 Å². The van der Waals surface area contributed by atoms with E-state index in [1.807, 2.05) is 22.6 Å². The summed E-state index contributed by atoms with van der Waals surface area (Å²) >= 11 is 1.99. The molecule has 5 rings (SSSR count). The molecule has 1 heterocycles. The number of hydrogen-bond acceptors (Lipinski definition) is 9. The molecule has 0 unspecified atom stereocenters. The second-order valence-corrected chi connectivity index (χ2v) is 10.2. The number of non-ortho nitro benzene ring substituents is 1. The number of nitro groups is 2. The minimum Gasteiger partial charge on any atom is -0.493 e. The van der Waals surface area contributed by atoms with Crippen molar-refractivity contribution >= 4 is 45.5 Å². The summed E-state index contributed by atoms with van der Waals surface area (Å²) < 4.78 is 18.0. The fourth-order valence-electron chi connectivity index (χ4n) is 5.11. The van der Waals surface area contributed by atoms with Gasteiger partial charge in [0, 0.05) is 48.8 Å². The zero-order valence-corrected chi connectivity index (χ0v) is 22.3. The number of rotatable bonds is 6. The molecule has 12 heteroatoms. The summed E-state index contributed by atoms with van der Waals surface area (Å²) in [6, 6.07) is 6.52. The van der Waals surface area contributed by atoms with E-state index in [1.54, 1.807) is 12.1 Å². The average Bonchev–Trinajstić information content (AvgIpc) is 2.88. The fraction of sp³-hybridized carbons (Fsp3) is 0.308. The number of hydrogen-bond donors (Lipinski definition) is 0. The summed E-state index contributed by atoms with van der Waals surface area (Å²) in [7, 11) is 1.41. The number of methoxy groups -OCH3 is 1. The molecule has 2 aliphatic carbocycles. The lowest BCUT2D eigenvalue weighted by Gasteiger charge is -2.36. The van der Waals surface area contributed by atoms with Crippen molar-refractivity contribution in [3.63, 3.8) is 0 Å². The van der Waals surface area contributed by atoms with Crippen molar-refractivity contribution in [1.29, 1.82) is 0 Å². The zero-order chi connectivity index (χ0) is 27.1. The second kappa shape index (κ2) is 10.2. The molecule has 2 aromatic carbocycles. The molecule has 0 saturated heterocycles. The number of ether oxygens (including phenoxy) is 3. The third kappa shape index (κ3) is 4.52. The van der Waals surface area contributed by atoms with Crippen LogP contribution in [0.15, 0.2) is 53.0 Å². The number of allylic oxidation sites excluding steroid dienone is 4. The highest BCUT2D eigenvalue weighted by Gasteiger charge is 2.42. The van der Waals surface area contributed by atoms with Crippen molar-refractivity contribution in [1.82, 2.24) is 0 Å². The van der Waals surface area contributed by atoms with Gasteiger partial charge >= 0.3 is 5.69 Å². The first-order chi connectivity index (χ1) is 18.2. The van der Waals surface area contributed by atoms with Crippen molar-refractivity contribution in [2.45, 2.75) is 44.4 Å². The van der Waals surface area contributed by atoms with Crippen LogP contribution < -0.4 is 9.47 Å². The van der Waals surface area contributed by atoms with E-state index < -0.39 is 27.1 Å². The highest BCUT2D eigenvalue weighted by Crippen LogP contribution is 2.50. The molecule has 0 atom stereocenters. The van der Waals surface area contributed by atoms with Gasteiger partial charge in [0.1, 0.15) is 11.5 Å². The lowest BCUT2D eigenvalue weighted by atomic mass is 9.73. The van der Waals surface area contributed by atoms with Crippen LogP contribution >= 0.6 is 22.6 Å². The Morgan fingerprint density at radius 2 is 1.53 bits per heavy atom. The topological polar surface area (TPSA) is 148 Å². The normalized spacial score (nSPS) is 17.5. The van der Waals surface area contributed by atoms with Gasteiger partial charge in [-0.05, 0) is 59.2 Å². The van der Waals surface area contributed by atoms with Gasteiger partial charge in [-0.2, -0.15) is 0 Å². The average molecular weight is 632 g/mol. The lowest BCUT2D eigenvalue weighted by Crippen LogP contribution is -2.30. The van der Waals surface area contributed by atoms with E-state index in [-0.39, 0.29) is 28.8 Å². The third-order valence-electron chi connectivity index (χ3n) is 6.79. The molecule has 1 aliphatic heterocycles. The van der Waals surface area contributed by atoms with E-state index in [0.29, 0.717) is 70.3 Å². The van der Waals surface area contributed by atoms with Crippen molar-refractivity contribution in [2.75, 3.05) is 7.11 Å². The Hall–Kier alpha value is -3.81. The van der Waals surface area contributed by atoms with Crippen LogP contribution in [0.25, 0.3) is 0 Å². The molecule has 2 aromatic rings. The molecule has 0 bridgehead atoms. The quantitative estimate of drug-likeness (QED) is 0.211. The van der Waals surface area contributed by atoms with E-state index >= 15 is 0 Å². The maximum Gasteiger partial charge on any atom is 0.318 e. The van der Waals surface area contributed by atoms with Crippen molar-refractivity contribution < 1.29 is 33.6 Å². The molecular formula is C26H21IN2O9. The molecule has 196 valence electrons. The fourth-order valence-corrected chi connectivity index (χ4v) is 5.85. The van der Waals surface area contributed by atoms with Crippen LogP contribution in [0.3, 0.4) is 0 Å². The van der Waals surface area contributed by atoms with Crippen LogP contribution in [-0.4, -0.2) is 28.5 Å². The summed E-state index contributed by atoms with van der Waals surface area (Å²) in [5.41, 5.74) is 0.606. The number of nitrogens with zero attached hydrogens (tertiary/aromatic N) is 2. The number of Topliss-reactive ketones (excluding diaryl/α,β-unsaturated/α-hetero) is 2. The Kier molecular flexibility index (Phi) is 6.90. The molecule has 0 radical (unpaired) electrons. The summed E-state index contributed by atoms with van der Waals surface area (Å²) in [6.45, 7) is 0. The lowest BCUT2D eigenvalue weighted by molar-refractivity contribution is -0.394. The monoisotopic (exact) mass is 632 g/mol. The molecule has 3 aliphatic rings. The minimum atomic E-state index is -0.760. The van der Waals surface area contributed by atoms with E-state index in [4.69, 9.17) is 14.2 Å². The standard InChI is InChI=1S/C26H21IN2O9/c1-36-22-11-13(10-15(27)26(22)38-19-9-8-14(28(32)33)12-16(19)29(34)35)23-24-17(30)4-2-6-20(24)37-21-7-3-5-18(31)25(21)23/h8-12,23H,2-7H2,1H3. The van der Waals surface area contributed by atoms with Crippen molar-refractivity contribution in [2.24, 2.45) is 0 Å². The van der Waals surface area contributed by atoms with Crippen molar-refractivity contribution in [3.05, 3.63) is 82.4 Å². The Morgan fingerprint density at radius 3 is 2.08 bits per heavy atom. The molecule has 0 aromatic heterocycles. The predicted molar refractivity (Wildman–Crippen MR) is 141 cm³/mol. The highest BCUT2D eigenvalue weighted by molar-refractivity contribution is 14.1. The summed E-state index contributed by atoms with van der Waals surface area (Å²) in [4.78, 5) is 47.4. The molecule has 0 spiro atoms. The molecule has 0 N–H and O–H groups in total. The van der Waals surface area contributed by atoms with Gasteiger partial charge in [-0.15, -0.1) is 0 Å². The second-order valence-electron chi connectivity index (χ2n) is 9.06. The summed E-state index contributed by atoms with van der Waals surface area (Å²) in [6.07, 6.45) is 3.33. The number of halogens is 1. The third-order valence-corrected chi connectivity index (χ3v) is 7.59. The summed E-state index contributed by atoms with van der Waals surface area (Å²) in [5.74, 6) is 0.672. The first kappa shape index (κ1) is 25.8. The van der Waals surface area contributed by atoms with Gasteiger partial charge < -0.3 is 14.2 Å². The van der Waals surface area contributed by atoms with Crippen molar-refractivity contribution in [3.8, 4) is 17.2 Å². The maximum absolute atomic E-state index is 13.1. The number of nitro benzene ring substituents is 2. The molecular weight excluding hydrogens is 611 g/mol. The van der Waals surface area contributed by atoms with Gasteiger partial charge in [-0.1, -0.05) is 0 Å². The summed E-state index contributed by atoms with van der Waals surface area (Å²) in [5, 5.41) is 22.7. The Balaban J connectivity index is 1.62. The molecule has 11 nitrogen and oxygen atoms in total. The van der Waals surface area contributed by atoms with Crippen LogP contribution in [0.4, 0.5) is 11.4 Å². The van der Waals surface area contributed by atoms with Gasteiger partial charge in [0.25, 0.3) is 5.69 Å². The largest absolute Gasteiger partial charge is 0.493 e. The zero-order valence-electron chi connectivity index (χ0n) is 20.2. The number of carbonyl (C=O) groups excluding carboxylic acids is 2. The highest BCUT2D eigenvalue weighted by atomic mass is 127. The van der Waals surface area contributed by atoms with E-state index in [1.165, 1.54) is 7.11 Å². The first-order valence-electron chi connectivity index (χ1n) is 11.9. The van der Waals surface area contributed by atoms with Crippen LogP contribution in [0, 0.1) is 23.8 Å². The minimum absolute atomic E-state index is 0.0584. The molecule has 38 heavy (non-hydrogen) atoms. The Bertz CT molecular complexity index is 1440. The van der Waals surface area contributed by atoms with Crippen LogP contribution in [0.5, 0.6) is 17.2 Å². The number of benzene rings is 2. The molecule has 0 saturated carbocycles. The Labute approximate surface area is 229 Å². The van der Waals surface area contributed by atoms with Gasteiger partial charge in [0.05, 0.1) is 26.6 Å². The van der Waals surface area contributed by atoms with Gasteiger partial charge in [-0.25, -0.2) is 0 Å². The van der Waals surface area contributed by atoms with E-state index in [2.05, 4.69) is 0 Å². The van der Waals surface area contributed by atoms with Gasteiger partial charge in [0.2, 0.25) is 5.75 Å². The van der Waals surface area contributed by atoms with Gasteiger partial charge in [0.15, 0.2) is 23.1 Å². The smallest absolute Gasteiger partial charge is 0.318 e. The van der Waals surface area contributed by atoms with E-state index in [9.17, 15) is 29.8 Å². The number of ketones is 2. The maximum atomic E-state index is 13.1. The SMILES string of the molecule is COc1cc(C2C3=C(CCCC3=O)OC3=C2C(=O)CCC3)cc(I)c1Oc1ccc([N+](=O)[O-])cc1[N+](=O)[O-]. The molecule has 0 amide bonds. The van der Waals surface area contributed by atoms with Gasteiger partial charge in [-0.3, -0.25) is 29.8 Å². The molecule has 0 fully saturated rings. The predicted octanol–water partition coefficient (Wildman–Crippen LogP) is 6.04. The first-order valence-corrected chi connectivity index (χ1v) is 13.0. The Morgan fingerprint density at radius 1 is 0.895 bits per heavy atom.